The molecular weight excluding hydrogens is 1690 g/mol. The molecule has 1 N–H and O–H groups in total. The first kappa shape index (κ1) is 101. The van der Waals surface area contributed by atoms with Gasteiger partial charge in [0.15, 0.2) is 34.8 Å². The van der Waals surface area contributed by atoms with E-state index in [2.05, 4.69) is 219 Å². The van der Waals surface area contributed by atoms with Crippen LogP contribution in [0.15, 0.2) is 282 Å². The van der Waals surface area contributed by atoms with Gasteiger partial charge in [0.05, 0.1) is 62.9 Å². The molecule has 1 heterocycles. The number of carboxylic acid groups (broad SMARTS) is 1. The topological polar surface area (TPSA) is 274 Å². The van der Waals surface area contributed by atoms with Crippen molar-refractivity contribution >= 4 is 71.6 Å². The van der Waals surface area contributed by atoms with Gasteiger partial charge in [-0.15, -0.1) is 0 Å². The molecule has 7 fully saturated rings. The first-order chi connectivity index (χ1) is 61.6. The summed E-state index contributed by atoms with van der Waals surface area (Å²) < 4.78 is 106. The van der Waals surface area contributed by atoms with E-state index in [1.807, 2.05) is 65.8 Å². The van der Waals surface area contributed by atoms with Crippen molar-refractivity contribution in [1.82, 2.24) is 4.90 Å². The molecule has 16 rings (SSSR count). The Morgan fingerprint density at radius 3 is 1.27 bits per heavy atom. The minimum Gasteiger partial charge on any atom is -0.744 e. The maximum Gasteiger partial charge on any atom is 0.335 e. The van der Waals surface area contributed by atoms with Crippen molar-refractivity contribution in [2.45, 2.75) is 209 Å². The van der Waals surface area contributed by atoms with Crippen molar-refractivity contribution < 1.29 is 83.4 Å². The summed E-state index contributed by atoms with van der Waals surface area (Å²) >= 11 is 0. The molecule has 0 radical (unpaired) electrons. The molecule has 6 aliphatic carbocycles. The number of ether oxygens (including phenoxy) is 7. The zero-order chi connectivity index (χ0) is 91.9. The maximum atomic E-state index is 13.4. The van der Waals surface area contributed by atoms with E-state index in [0.29, 0.717) is 54.3 Å². The Labute approximate surface area is 765 Å². The third-order valence-electron chi connectivity index (χ3n) is 24.5. The molecule has 5 atom stereocenters. The number of benzene rings is 9. The molecule has 6 bridgehead atoms. The van der Waals surface area contributed by atoms with Crippen LogP contribution in [-0.4, -0.2) is 152 Å². The highest BCUT2D eigenvalue weighted by Gasteiger charge is 2.76. The zero-order valence-corrected chi connectivity index (χ0v) is 79.3. The van der Waals surface area contributed by atoms with Crippen LogP contribution >= 0.6 is 0 Å². The summed E-state index contributed by atoms with van der Waals surface area (Å²) in [5.41, 5.74) is 2.39. The van der Waals surface area contributed by atoms with E-state index in [4.69, 9.17) is 38.3 Å². The van der Waals surface area contributed by atoms with Crippen LogP contribution in [0.25, 0.3) is 0 Å². The number of methoxy groups -OCH3 is 1. The van der Waals surface area contributed by atoms with Crippen LogP contribution in [0.2, 0.25) is 0 Å². The second kappa shape index (κ2) is 49.8. The molecule has 1 aliphatic heterocycles. The third kappa shape index (κ3) is 27.8. The number of unbranched alkanes of at least 4 members (excludes halogenated alkanes) is 2. The average molecular weight is 1820 g/mol. The molecule has 0 spiro atoms. The number of rotatable bonds is 36. The predicted molar refractivity (Wildman–Crippen MR) is 501 cm³/mol. The Balaban J connectivity index is 0.000000165. The lowest BCUT2D eigenvalue weighted by molar-refractivity contribution is -0.177. The van der Waals surface area contributed by atoms with Gasteiger partial charge in [-0.1, -0.05) is 190 Å². The second-order valence-electron chi connectivity index (χ2n) is 34.4. The number of hydrogen-bond acceptors (Lipinski definition) is 19. The number of carboxylic acids is 1. The van der Waals surface area contributed by atoms with Crippen molar-refractivity contribution in [2.75, 3.05) is 84.6 Å². The van der Waals surface area contributed by atoms with Crippen molar-refractivity contribution in [3.8, 4) is 5.75 Å². The molecule has 128 heavy (non-hydrogen) atoms. The molecule has 1 saturated heterocycles. The molecule has 20 nitrogen and oxygen atoms in total. The highest BCUT2D eigenvalue weighted by molar-refractivity contribution is 7.97. The molecule has 6 saturated carbocycles. The van der Waals surface area contributed by atoms with Crippen molar-refractivity contribution in [3.63, 3.8) is 0 Å². The quantitative estimate of drug-likeness (QED) is 0.00726. The molecule has 0 amide bonds. The Morgan fingerprint density at radius 2 is 0.914 bits per heavy atom. The standard InChI is InChI=1S/C26H28O9S.2C18H15S.C15H23NO2.C15H24O3S.C12H27NO4/c27-23(20-14-6-12-5-13(8-14)9-15(20)7-12)34-21-16-10-19-22(21)35-25(29)26(19,11-16)24(28)33-17-1-3-18(4-2-17)36(30,31)32;2*1-4-10-16(11-5-1)19(17-12-6-2-7-13-17)18-14-8-3-9-15-18;1-3-5-11-16(12-6-4-2)14-9-7-13(8-10-14)15(17)18;1-9(2)12-7-13(10(3)4)15(19(16,17)18)14(8-12)11(5)6;1-4-15-9-6-13(7-10-16-5-2)8-11-17-12-14-3/h1-4,12-16,19-22H,5-11H2,(H,30,31,32);2*1-15H;7-10H,3-6,11-12H2,1-2H3,(H,17,18);7-11H,1-6H3,(H,16,17,18);4-12H2,1-3H3/q;2*+1;;;/p-2. The third-order valence-corrected chi connectivity index (χ3v) is 30.8. The summed E-state index contributed by atoms with van der Waals surface area (Å²) in [6, 6.07) is 79.8. The summed E-state index contributed by atoms with van der Waals surface area (Å²) in [7, 11) is -7.47. The summed E-state index contributed by atoms with van der Waals surface area (Å²) in [6.07, 6.45) is 9.98. The lowest BCUT2D eigenvalue weighted by Crippen LogP contribution is -2.50. The number of esters is 3. The van der Waals surface area contributed by atoms with Gasteiger partial charge < -0.3 is 52.3 Å². The lowest BCUT2D eigenvalue weighted by atomic mass is 9.52. The Kier molecular flexibility index (Phi) is 39.4. The minimum atomic E-state index is -4.63. The Hall–Kier alpha value is -9.02. The Bertz CT molecular complexity index is 4740. The average Bonchev–Trinajstić information content (AvgIpc) is 1.52. The fraction of sp³-hybridized carbons (Fsp3) is 0.442. The lowest BCUT2D eigenvalue weighted by Gasteiger charge is -2.53. The zero-order valence-electron chi connectivity index (χ0n) is 76.0. The Morgan fingerprint density at radius 1 is 0.508 bits per heavy atom. The SMILES string of the molecule is CC(C)c1cc(C(C)C)c(S(=O)(=O)[O-])c(C(C)C)c1.CCCCN(CCCC)c1ccc(C(=O)O)cc1.CCOCCN(CCOCC)CCOCOC.O=C(OC1C2CC3C1OC(=O)C3(C(=O)Oc1ccc(S(=O)(=O)[O-])cc1)C2)C1C2CC3CC(C2)CC1C3.c1ccc([S+](c2ccccc2)c2ccccc2)cc1.c1ccc([S+](c2ccccc2)c2ccccc2)cc1. The van der Waals surface area contributed by atoms with Crippen LogP contribution < -0.4 is 9.64 Å². The molecule has 7 aliphatic rings. The molecule has 688 valence electrons. The van der Waals surface area contributed by atoms with Gasteiger partial charge in [0, 0.05) is 70.6 Å². The fourth-order valence-corrected chi connectivity index (χ4v) is 24.2. The van der Waals surface area contributed by atoms with E-state index in [1.54, 1.807) is 19.2 Å². The van der Waals surface area contributed by atoms with Gasteiger partial charge in [-0.2, -0.15) is 0 Å². The van der Waals surface area contributed by atoms with Crippen LogP contribution in [0.1, 0.15) is 185 Å². The highest BCUT2D eigenvalue weighted by atomic mass is 32.2. The molecule has 9 aromatic carbocycles. The van der Waals surface area contributed by atoms with E-state index < -0.39 is 66.6 Å². The van der Waals surface area contributed by atoms with Crippen LogP contribution in [-0.2, 0) is 84.8 Å². The number of hydrogen-bond donors (Lipinski definition) is 1. The maximum absolute atomic E-state index is 13.4. The molecule has 24 heteroatoms. The monoisotopic (exact) mass is 1820 g/mol. The van der Waals surface area contributed by atoms with Gasteiger partial charge in [-0.05, 0) is 251 Å². The number of aromatic carboxylic acids is 1. The molecule has 0 aromatic heterocycles. The second-order valence-corrected chi connectivity index (χ2v) is 41.1. The van der Waals surface area contributed by atoms with Gasteiger partial charge in [0.25, 0.3) is 0 Å². The predicted octanol–water partition coefficient (Wildman–Crippen LogP) is 20.7. The summed E-state index contributed by atoms with van der Waals surface area (Å²) in [5.74, 6) is -0.439. The number of nitrogens with zero attached hydrogens (tertiary/aromatic N) is 2. The summed E-state index contributed by atoms with van der Waals surface area (Å²) in [5, 5.41) is 8.88. The van der Waals surface area contributed by atoms with E-state index in [-0.39, 0.29) is 68.5 Å². The van der Waals surface area contributed by atoms with E-state index in [0.717, 1.165) is 120 Å². The molecule has 5 unspecified atom stereocenters. The van der Waals surface area contributed by atoms with E-state index >= 15 is 0 Å². The molecular formula is C104H130N2O18S4. The van der Waals surface area contributed by atoms with Crippen LogP contribution in [0.4, 0.5) is 5.69 Å². The van der Waals surface area contributed by atoms with Crippen LogP contribution in [0, 0.1) is 46.8 Å². The number of carbonyl (C=O) groups is 4. The van der Waals surface area contributed by atoms with Gasteiger partial charge in [-0.3, -0.25) is 19.3 Å². The largest absolute Gasteiger partial charge is 0.744 e. The number of anilines is 1. The van der Waals surface area contributed by atoms with Crippen LogP contribution in [0.3, 0.4) is 0 Å². The fourth-order valence-electron chi connectivity index (χ4n) is 18.4. The van der Waals surface area contributed by atoms with E-state index in [9.17, 15) is 45.1 Å². The van der Waals surface area contributed by atoms with E-state index in [1.165, 1.54) is 73.6 Å². The van der Waals surface area contributed by atoms with Gasteiger partial charge >= 0.3 is 23.9 Å². The number of carbonyl (C=O) groups excluding carboxylic acids is 3. The normalized spacial score (nSPS) is 20.2. The smallest absolute Gasteiger partial charge is 0.335 e. The summed E-state index contributed by atoms with van der Waals surface area (Å²) in [4.78, 5) is 62.7. The van der Waals surface area contributed by atoms with Crippen molar-refractivity contribution in [1.29, 1.82) is 0 Å². The first-order valence-electron chi connectivity index (χ1n) is 45.3. The van der Waals surface area contributed by atoms with Gasteiger partial charge in [0.2, 0.25) is 0 Å². The van der Waals surface area contributed by atoms with Crippen molar-refractivity contribution in [2.24, 2.45) is 46.8 Å². The van der Waals surface area contributed by atoms with Crippen molar-refractivity contribution in [3.05, 3.63) is 265 Å². The minimum absolute atomic E-state index is 0.00919. The molecule has 9 aromatic rings. The highest BCUT2D eigenvalue weighted by Crippen LogP contribution is 2.64. The van der Waals surface area contributed by atoms with Gasteiger partial charge in [0.1, 0.15) is 45.0 Å². The first-order valence-corrected chi connectivity index (χ1v) is 50.5. The van der Waals surface area contributed by atoms with Crippen LogP contribution in [0.5, 0.6) is 5.75 Å². The summed E-state index contributed by atoms with van der Waals surface area (Å²) in [6.45, 7) is 29.0. The number of fused-ring (bicyclic) bond motifs is 1. The van der Waals surface area contributed by atoms with Gasteiger partial charge in [-0.25, -0.2) is 21.6 Å².